The van der Waals surface area contributed by atoms with E-state index in [0.29, 0.717) is 22.7 Å². The van der Waals surface area contributed by atoms with Crippen LogP contribution in [0, 0.1) is 6.92 Å². The summed E-state index contributed by atoms with van der Waals surface area (Å²) in [4.78, 5) is 7.92. The predicted molar refractivity (Wildman–Crippen MR) is 101 cm³/mol. The zero-order valence-electron chi connectivity index (χ0n) is 13.6. The highest BCUT2D eigenvalue weighted by Crippen LogP contribution is 2.31. The number of hydrogen-bond acceptors (Lipinski definition) is 8. The molecular formula is C16H15N5OS3. The third kappa shape index (κ3) is 3.53. The largest absolute Gasteiger partial charge is 0.419 e. The Bertz CT molecular complexity index is 970. The van der Waals surface area contributed by atoms with Gasteiger partial charge in [-0.2, -0.15) is 0 Å². The summed E-state index contributed by atoms with van der Waals surface area (Å²) in [5.74, 6) is 2.48. The van der Waals surface area contributed by atoms with Gasteiger partial charge in [0, 0.05) is 4.88 Å². The van der Waals surface area contributed by atoms with Gasteiger partial charge in [0.25, 0.3) is 5.89 Å². The average molecular weight is 390 g/mol. The van der Waals surface area contributed by atoms with Gasteiger partial charge in [0.2, 0.25) is 11.0 Å². The summed E-state index contributed by atoms with van der Waals surface area (Å²) < 4.78 is 5.79. The zero-order chi connectivity index (χ0) is 17.2. The fourth-order valence-corrected chi connectivity index (χ4v) is 4.68. The number of thioether (sulfide) groups is 1. The highest BCUT2D eigenvalue weighted by atomic mass is 32.2. The second-order valence-electron chi connectivity index (χ2n) is 5.30. The maximum Gasteiger partial charge on any atom is 0.257 e. The Kier molecular flexibility index (Phi) is 4.69. The van der Waals surface area contributed by atoms with Crippen LogP contribution in [0.1, 0.15) is 23.3 Å². The van der Waals surface area contributed by atoms with E-state index >= 15 is 0 Å². The van der Waals surface area contributed by atoms with E-state index in [1.807, 2.05) is 17.5 Å². The van der Waals surface area contributed by atoms with Crippen LogP contribution < -0.4 is 0 Å². The van der Waals surface area contributed by atoms with Gasteiger partial charge in [-0.3, -0.25) is 5.10 Å². The van der Waals surface area contributed by atoms with Gasteiger partial charge in [-0.25, -0.2) is 4.98 Å². The highest BCUT2D eigenvalue weighted by molar-refractivity contribution is 7.98. The van der Waals surface area contributed by atoms with E-state index in [4.69, 9.17) is 4.42 Å². The Balaban J connectivity index is 1.43. The topological polar surface area (TPSA) is 80.5 Å². The maximum atomic E-state index is 5.79. The lowest BCUT2D eigenvalue weighted by atomic mass is 10.2. The first-order chi connectivity index (χ1) is 12.2. The maximum absolute atomic E-state index is 5.79. The number of nitrogens with one attached hydrogen (secondary N) is 1. The third-order valence-corrected chi connectivity index (χ3v) is 6.64. The number of aromatic amines is 1. The molecule has 0 unspecified atom stereocenters. The molecule has 0 aliphatic carbocycles. The van der Waals surface area contributed by atoms with Gasteiger partial charge in [-0.1, -0.05) is 24.8 Å². The van der Waals surface area contributed by atoms with E-state index < -0.39 is 0 Å². The van der Waals surface area contributed by atoms with Crippen LogP contribution in [0.5, 0.6) is 0 Å². The molecule has 0 bridgehead atoms. The van der Waals surface area contributed by atoms with E-state index in [1.165, 1.54) is 22.2 Å². The van der Waals surface area contributed by atoms with E-state index in [0.717, 1.165) is 22.0 Å². The smallest absolute Gasteiger partial charge is 0.257 e. The summed E-state index contributed by atoms with van der Waals surface area (Å²) in [6.07, 6.45) is 1.02. The molecule has 4 aromatic heterocycles. The molecule has 0 atom stereocenters. The summed E-state index contributed by atoms with van der Waals surface area (Å²) >= 11 is 4.81. The second kappa shape index (κ2) is 7.11. The van der Waals surface area contributed by atoms with Crippen molar-refractivity contribution in [2.24, 2.45) is 0 Å². The van der Waals surface area contributed by atoms with Crippen LogP contribution in [0.4, 0.5) is 0 Å². The average Bonchev–Trinajstić information content (AvgIpc) is 3.38. The van der Waals surface area contributed by atoms with Gasteiger partial charge in [-0.05, 0) is 36.4 Å². The van der Waals surface area contributed by atoms with Gasteiger partial charge < -0.3 is 4.42 Å². The Morgan fingerprint density at radius 2 is 2.20 bits per heavy atom. The lowest BCUT2D eigenvalue weighted by Gasteiger charge is -1.91. The summed E-state index contributed by atoms with van der Waals surface area (Å²) in [6, 6.07) is 6.11. The molecule has 0 aromatic carbocycles. The summed E-state index contributed by atoms with van der Waals surface area (Å²) in [5.41, 5.74) is 1.28. The van der Waals surface area contributed by atoms with Crippen molar-refractivity contribution in [1.82, 2.24) is 25.4 Å². The number of aryl methyl sites for hydroxylation is 2. The Morgan fingerprint density at radius 1 is 1.28 bits per heavy atom. The molecule has 128 valence electrons. The number of rotatable bonds is 6. The zero-order valence-corrected chi connectivity index (χ0v) is 16.1. The van der Waals surface area contributed by atoms with Gasteiger partial charge in [0.05, 0.1) is 15.5 Å². The van der Waals surface area contributed by atoms with Gasteiger partial charge in [-0.15, -0.1) is 38.0 Å². The van der Waals surface area contributed by atoms with Crippen molar-refractivity contribution in [2.45, 2.75) is 31.2 Å². The summed E-state index contributed by atoms with van der Waals surface area (Å²) in [7, 11) is 0. The Hall–Kier alpha value is -1.97. The number of nitrogens with zero attached hydrogens (tertiary/aromatic N) is 4. The molecule has 6 nitrogen and oxygen atoms in total. The second-order valence-corrected chi connectivity index (χ2v) is 8.33. The van der Waals surface area contributed by atoms with E-state index in [2.05, 4.69) is 45.3 Å². The van der Waals surface area contributed by atoms with Crippen LogP contribution >= 0.6 is 34.4 Å². The number of thiophene rings is 2. The third-order valence-electron chi connectivity index (χ3n) is 3.56. The van der Waals surface area contributed by atoms with Gasteiger partial charge in [0.15, 0.2) is 5.82 Å². The van der Waals surface area contributed by atoms with E-state index in [1.54, 1.807) is 22.7 Å². The van der Waals surface area contributed by atoms with Crippen molar-refractivity contribution in [2.75, 3.05) is 0 Å². The molecule has 0 saturated heterocycles. The van der Waals surface area contributed by atoms with E-state index in [-0.39, 0.29) is 0 Å². The first kappa shape index (κ1) is 16.5. The molecule has 1 N–H and O–H groups in total. The molecule has 0 aliphatic rings. The molecule has 0 saturated carbocycles. The molecule has 0 radical (unpaired) electrons. The van der Waals surface area contributed by atoms with Crippen LogP contribution in [0.2, 0.25) is 0 Å². The van der Waals surface area contributed by atoms with Crippen molar-refractivity contribution in [3.8, 4) is 21.5 Å². The summed E-state index contributed by atoms with van der Waals surface area (Å²) in [6.45, 7) is 4.26. The van der Waals surface area contributed by atoms with Crippen molar-refractivity contribution in [3.05, 3.63) is 39.9 Å². The van der Waals surface area contributed by atoms with Crippen molar-refractivity contribution in [1.29, 1.82) is 0 Å². The van der Waals surface area contributed by atoms with Crippen LogP contribution in [0.25, 0.3) is 21.5 Å². The lowest BCUT2D eigenvalue weighted by Crippen LogP contribution is -1.82. The first-order valence-electron chi connectivity index (χ1n) is 7.74. The predicted octanol–water partition coefficient (Wildman–Crippen LogP) is 4.81. The van der Waals surface area contributed by atoms with E-state index in [9.17, 15) is 0 Å². The fourth-order valence-electron chi connectivity index (χ4n) is 2.35. The van der Waals surface area contributed by atoms with Gasteiger partial charge >= 0.3 is 0 Å². The van der Waals surface area contributed by atoms with Crippen molar-refractivity contribution in [3.63, 3.8) is 0 Å². The molecule has 0 fully saturated rings. The van der Waals surface area contributed by atoms with Crippen LogP contribution in [0.15, 0.2) is 33.2 Å². The van der Waals surface area contributed by atoms with Crippen LogP contribution in [0.3, 0.4) is 0 Å². The van der Waals surface area contributed by atoms with Gasteiger partial charge in [0.1, 0.15) is 0 Å². The molecule has 4 rings (SSSR count). The molecule has 0 amide bonds. The normalized spacial score (nSPS) is 11.3. The van der Waals surface area contributed by atoms with Crippen molar-refractivity contribution >= 4 is 34.4 Å². The highest BCUT2D eigenvalue weighted by Gasteiger charge is 2.14. The minimum Gasteiger partial charge on any atom is -0.419 e. The minimum atomic E-state index is 0.541. The molecule has 0 aliphatic heterocycles. The number of hydrogen-bond donors (Lipinski definition) is 1. The fraction of sp³-hybridized carbons (Fsp3) is 0.250. The number of aromatic nitrogens is 5. The standard InChI is InChI=1S/C16H15N5OS3/c1-3-10-9(2)7-12(25-10)15-20-18-13(22-15)8-24-16-17-14(19-21-16)11-5-4-6-23-11/h4-7H,3,8H2,1-2H3,(H,17,19,21). The SMILES string of the molecule is CCc1sc(-c2nnc(CSc3n[nH]c(-c4cccs4)n3)o2)cc1C. The van der Waals surface area contributed by atoms with Crippen LogP contribution in [-0.4, -0.2) is 25.4 Å². The van der Waals surface area contributed by atoms with Crippen molar-refractivity contribution < 1.29 is 4.42 Å². The molecule has 0 spiro atoms. The molecular weight excluding hydrogens is 374 g/mol. The molecule has 9 heteroatoms. The molecule has 4 aromatic rings. The van der Waals surface area contributed by atoms with Crippen LogP contribution in [-0.2, 0) is 12.2 Å². The summed E-state index contributed by atoms with van der Waals surface area (Å²) in [5, 5.41) is 18.2. The Labute approximate surface area is 156 Å². The monoisotopic (exact) mass is 389 g/mol. The molecule has 4 heterocycles. The number of H-pyrrole nitrogens is 1. The Morgan fingerprint density at radius 3 is 2.96 bits per heavy atom. The molecule has 25 heavy (non-hydrogen) atoms. The first-order valence-corrected chi connectivity index (χ1v) is 10.4. The minimum absolute atomic E-state index is 0.541. The quantitative estimate of drug-likeness (QED) is 0.477. The lowest BCUT2D eigenvalue weighted by molar-refractivity contribution is 0.529.